The molecule has 0 aromatic rings. The third kappa shape index (κ3) is 1.94. The third-order valence-electron chi connectivity index (χ3n) is 2.50. The summed E-state index contributed by atoms with van der Waals surface area (Å²) in [5, 5.41) is 7.99. The predicted molar refractivity (Wildman–Crippen MR) is 56.1 cm³/mol. The molecule has 0 aromatic carbocycles. The van der Waals surface area contributed by atoms with Crippen molar-refractivity contribution in [1.29, 1.82) is 5.41 Å². The molecule has 12 heavy (non-hydrogen) atoms. The average molecular weight is 186 g/mol. The van der Waals surface area contributed by atoms with Gasteiger partial charge in [0.05, 0.1) is 4.75 Å². The smallest absolute Gasteiger partial charge is 0.112 e. The van der Waals surface area contributed by atoms with Crippen molar-refractivity contribution in [2.75, 3.05) is 19.3 Å². The SMILES string of the molecule is CSC(C)(C)C(=N)N1CCCC1. The summed E-state index contributed by atoms with van der Waals surface area (Å²) in [6.45, 7) is 6.42. The zero-order valence-electron chi connectivity index (χ0n) is 8.18. The van der Waals surface area contributed by atoms with E-state index in [1.165, 1.54) is 12.8 Å². The Labute approximate surface area is 79.2 Å². The van der Waals surface area contributed by atoms with Crippen LogP contribution < -0.4 is 0 Å². The number of nitrogens with one attached hydrogen (secondary N) is 1. The van der Waals surface area contributed by atoms with Crippen LogP contribution in [0.2, 0.25) is 0 Å². The highest BCUT2D eigenvalue weighted by molar-refractivity contribution is 8.00. The van der Waals surface area contributed by atoms with Gasteiger partial charge in [0.25, 0.3) is 0 Å². The zero-order valence-corrected chi connectivity index (χ0v) is 9.00. The van der Waals surface area contributed by atoms with Crippen LogP contribution in [0, 0.1) is 5.41 Å². The van der Waals surface area contributed by atoms with Crippen LogP contribution in [0.4, 0.5) is 0 Å². The molecule has 1 saturated heterocycles. The van der Waals surface area contributed by atoms with Gasteiger partial charge in [0.1, 0.15) is 5.84 Å². The van der Waals surface area contributed by atoms with Crippen molar-refractivity contribution in [3.63, 3.8) is 0 Å². The highest BCUT2D eigenvalue weighted by Crippen LogP contribution is 2.25. The van der Waals surface area contributed by atoms with Gasteiger partial charge in [-0.25, -0.2) is 0 Å². The van der Waals surface area contributed by atoms with E-state index in [4.69, 9.17) is 5.41 Å². The molecule has 0 atom stereocenters. The molecule has 0 radical (unpaired) electrons. The maximum atomic E-state index is 7.99. The van der Waals surface area contributed by atoms with Crippen molar-refractivity contribution >= 4 is 17.6 Å². The van der Waals surface area contributed by atoms with E-state index in [0.717, 1.165) is 18.9 Å². The number of rotatable bonds is 2. The van der Waals surface area contributed by atoms with Crippen LogP contribution in [0.15, 0.2) is 0 Å². The third-order valence-corrected chi connectivity index (χ3v) is 3.72. The summed E-state index contributed by atoms with van der Waals surface area (Å²) in [7, 11) is 0. The van der Waals surface area contributed by atoms with E-state index in [1.54, 1.807) is 11.8 Å². The Hall–Kier alpha value is -0.180. The minimum absolute atomic E-state index is 0.00958. The van der Waals surface area contributed by atoms with Gasteiger partial charge in [-0.2, -0.15) is 11.8 Å². The van der Waals surface area contributed by atoms with Gasteiger partial charge >= 0.3 is 0 Å². The molecule has 1 aliphatic heterocycles. The summed E-state index contributed by atoms with van der Waals surface area (Å²) in [6.07, 6.45) is 4.59. The maximum Gasteiger partial charge on any atom is 0.112 e. The fourth-order valence-electron chi connectivity index (χ4n) is 1.42. The molecule has 0 amide bonds. The standard InChI is InChI=1S/C9H18N2S/c1-9(2,12-3)8(10)11-6-4-5-7-11/h10H,4-7H2,1-3H3. The summed E-state index contributed by atoms with van der Waals surface area (Å²) >= 11 is 1.76. The van der Waals surface area contributed by atoms with Gasteiger partial charge in [0.2, 0.25) is 0 Å². The molecule has 0 spiro atoms. The molecule has 1 heterocycles. The predicted octanol–water partition coefficient (Wildman–Crippen LogP) is 2.20. The molecular weight excluding hydrogens is 168 g/mol. The monoisotopic (exact) mass is 186 g/mol. The molecule has 1 fully saturated rings. The fraction of sp³-hybridized carbons (Fsp3) is 0.889. The maximum absolute atomic E-state index is 7.99. The molecule has 0 bridgehead atoms. The molecule has 1 rings (SSSR count). The minimum Gasteiger partial charge on any atom is -0.359 e. The second kappa shape index (κ2) is 3.69. The van der Waals surface area contributed by atoms with Crippen molar-refractivity contribution < 1.29 is 0 Å². The summed E-state index contributed by atoms with van der Waals surface area (Å²) < 4.78 is -0.00958. The Bertz CT molecular complexity index is 171. The summed E-state index contributed by atoms with van der Waals surface area (Å²) in [5.74, 6) is 0.799. The van der Waals surface area contributed by atoms with Gasteiger partial charge in [-0.3, -0.25) is 5.41 Å². The van der Waals surface area contributed by atoms with Gasteiger partial charge in [-0.1, -0.05) is 0 Å². The van der Waals surface area contributed by atoms with E-state index in [1.807, 2.05) is 0 Å². The van der Waals surface area contributed by atoms with Crippen molar-refractivity contribution in [2.24, 2.45) is 0 Å². The lowest BCUT2D eigenvalue weighted by molar-refractivity contribution is 0.492. The van der Waals surface area contributed by atoms with Crippen LogP contribution in [0.1, 0.15) is 26.7 Å². The van der Waals surface area contributed by atoms with Crippen molar-refractivity contribution in [3.05, 3.63) is 0 Å². The molecule has 70 valence electrons. The summed E-state index contributed by atoms with van der Waals surface area (Å²) in [6, 6.07) is 0. The van der Waals surface area contributed by atoms with Gasteiger partial charge in [-0.05, 0) is 32.9 Å². The average Bonchev–Trinajstić information content (AvgIpc) is 2.55. The lowest BCUT2D eigenvalue weighted by Crippen LogP contribution is -2.40. The summed E-state index contributed by atoms with van der Waals surface area (Å²) in [5.41, 5.74) is 0. The van der Waals surface area contributed by atoms with E-state index >= 15 is 0 Å². The molecule has 0 aromatic heterocycles. The highest BCUT2D eigenvalue weighted by Gasteiger charge is 2.28. The van der Waals surface area contributed by atoms with Crippen molar-refractivity contribution in [1.82, 2.24) is 4.90 Å². The van der Waals surface area contributed by atoms with E-state index in [0.29, 0.717) is 0 Å². The number of thioether (sulfide) groups is 1. The van der Waals surface area contributed by atoms with Crippen LogP contribution >= 0.6 is 11.8 Å². The molecule has 0 aliphatic carbocycles. The highest BCUT2D eigenvalue weighted by atomic mass is 32.2. The first-order valence-corrected chi connectivity index (χ1v) is 5.69. The first kappa shape index (κ1) is 9.90. The van der Waals surface area contributed by atoms with Crippen LogP contribution in [0.25, 0.3) is 0 Å². The van der Waals surface area contributed by atoms with E-state index in [2.05, 4.69) is 25.0 Å². The van der Waals surface area contributed by atoms with E-state index in [-0.39, 0.29) is 4.75 Å². The molecular formula is C9H18N2S. The molecule has 1 aliphatic rings. The molecule has 0 unspecified atom stereocenters. The Morgan fingerprint density at radius 2 is 1.83 bits per heavy atom. The van der Waals surface area contributed by atoms with Crippen LogP contribution in [0.5, 0.6) is 0 Å². The Morgan fingerprint density at radius 1 is 1.33 bits per heavy atom. The van der Waals surface area contributed by atoms with E-state index in [9.17, 15) is 0 Å². The Kier molecular flexibility index (Phi) is 3.04. The fourth-order valence-corrected chi connectivity index (χ4v) is 1.74. The second-order valence-corrected chi connectivity index (χ2v) is 5.19. The van der Waals surface area contributed by atoms with Crippen LogP contribution in [-0.4, -0.2) is 34.8 Å². The zero-order chi connectivity index (χ0) is 9.19. The van der Waals surface area contributed by atoms with Gasteiger partial charge in [0.15, 0.2) is 0 Å². The topological polar surface area (TPSA) is 27.1 Å². The van der Waals surface area contributed by atoms with Gasteiger partial charge in [0, 0.05) is 13.1 Å². The normalized spacial score (nSPS) is 18.4. The molecule has 2 nitrogen and oxygen atoms in total. The molecule has 0 saturated carbocycles. The van der Waals surface area contributed by atoms with Crippen molar-refractivity contribution in [2.45, 2.75) is 31.4 Å². The molecule has 3 heteroatoms. The number of hydrogen-bond donors (Lipinski definition) is 1. The first-order valence-electron chi connectivity index (χ1n) is 4.47. The number of amidine groups is 1. The Balaban J connectivity index is 2.56. The number of hydrogen-bond acceptors (Lipinski definition) is 2. The van der Waals surface area contributed by atoms with Crippen molar-refractivity contribution in [3.8, 4) is 0 Å². The van der Waals surface area contributed by atoms with E-state index < -0.39 is 0 Å². The quantitative estimate of drug-likeness (QED) is 0.529. The first-order chi connectivity index (χ1) is 5.58. The number of likely N-dealkylation sites (tertiary alicyclic amines) is 1. The molecule has 1 N–H and O–H groups in total. The second-order valence-electron chi connectivity index (χ2n) is 3.76. The lowest BCUT2D eigenvalue weighted by Gasteiger charge is -2.30. The number of nitrogens with zero attached hydrogens (tertiary/aromatic N) is 1. The van der Waals surface area contributed by atoms with Gasteiger partial charge < -0.3 is 4.90 Å². The lowest BCUT2D eigenvalue weighted by atomic mass is 10.1. The van der Waals surface area contributed by atoms with Gasteiger partial charge in [-0.15, -0.1) is 0 Å². The largest absolute Gasteiger partial charge is 0.359 e. The van der Waals surface area contributed by atoms with Crippen LogP contribution in [0.3, 0.4) is 0 Å². The summed E-state index contributed by atoms with van der Waals surface area (Å²) in [4.78, 5) is 2.20. The minimum atomic E-state index is -0.00958. The van der Waals surface area contributed by atoms with Crippen LogP contribution in [-0.2, 0) is 0 Å². The Morgan fingerprint density at radius 3 is 2.25 bits per heavy atom.